The van der Waals surface area contributed by atoms with Gasteiger partial charge in [0, 0.05) is 12.1 Å². The summed E-state index contributed by atoms with van der Waals surface area (Å²) >= 11 is 0. The van der Waals surface area contributed by atoms with Gasteiger partial charge in [-0.3, -0.25) is 9.59 Å². The molecule has 0 unspecified atom stereocenters. The number of carboxylic acid groups (broad SMARTS) is 1. The van der Waals surface area contributed by atoms with Gasteiger partial charge in [0.25, 0.3) is 0 Å². The molecule has 0 bridgehead atoms. The van der Waals surface area contributed by atoms with Crippen molar-refractivity contribution >= 4 is 11.9 Å². The Morgan fingerprint density at radius 1 is 1.35 bits per heavy atom. The molecular formula is C12H22N2O3. The van der Waals surface area contributed by atoms with Crippen LogP contribution in [0.1, 0.15) is 39.5 Å². The minimum Gasteiger partial charge on any atom is -0.480 e. The average Bonchev–Trinajstić information content (AvgIpc) is 2.74. The van der Waals surface area contributed by atoms with E-state index in [1.165, 1.54) is 17.7 Å². The minimum absolute atomic E-state index is 0.0796. The van der Waals surface area contributed by atoms with Gasteiger partial charge >= 0.3 is 5.97 Å². The molecule has 1 saturated carbocycles. The molecule has 0 aliphatic heterocycles. The predicted octanol–water partition coefficient (Wildman–Crippen LogP) is 0.840. The van der Waals surface area contributed by atoms with Crippen LogP contribution in [-0.2, 0) is 9.59 Å². The summed E-state index contributed by atoms with van der Waals surface area (Å²) < 4.78 is 0. The van der Waals surface area contributed by atoms with Crippen LogP contribution in [0.2, 0.25) is 0 Å². The number of carbonyl (C=O) groups is 2. The standard InChI is InChI=1S/C12H22N2O3/c1-9(2)14(8-12(16)17)11(15)7-13-10-5-3-4-6-10/h9-10,13H,3-8H2,1-2H3,(H,16,17). The minimum atomic E-state index is -0.965. The van der Waals surface area contributed by atoms with Crippen molar-refractivity contribution in [1.29, 1.82) is 0 Å². The molecule has 0 aromatic rings. The predicted molar refractivity (Wildman–Crippen MR) is 64.7 cm³/mol. The first-order valence-electron chi connectivity index (χ1n) is 6.25. The zero-order valence-corrected chi connectivity index (χ0v) is 10.6. The van der Waals surface area contributed by atoms with Crippen molar-refractivity contribution in [2.75, 3.05) is 13.1 Å². The molecule has 1 rings (SSSR count). The number of nitrogens with zero attached hydrogens (tertiary/aromatic N) is 1. The summed E-state index contributed by atoms with van der Waals surface area (Å²) in [4.78, 5) is 23.9. The number of nitrogens with one attached hydrogen (secondary N) is 1. The van der Waals surface area contributed by atoms with Gasteiger partial charge in [-0.1, -0.05) is 12.8 Å². The monoisotopic (exact) mass is 242 g/mol. The van der Waals surface area contributed by atoms with Gasteiger partial charge in [0.2, 0.25) is 5.91 Å². The van der Waals surface area contributed by atoms with Crippen LogP contribution in [0.4, 0.5) is 0 Å². The maximum absolute atomic E-state index is 11.9. The van der Waals surface area contributed by atoms with Gasteiger partial charge < -0.3 is 15.3 Å². The van der Waals surface area contributed by atoms with E-state index in [1.807, 2.05) is 13.8 Å². The van der Waals surface area contributed by atoms with Gasteiger partial charge in [0.1, 0.15) is 6.54 Å². The van der Waals surface area contributed by atoms with Crippen LogP contribution in [0.3, 0.4) is 0 Å². The lowest BCUT2D eigenvalue weighted by Gasteiger charge is -2.25. The summed E-state index contributed by atoms with van der Waals surface area (Å²) in [6, 6.07) is 0.349. The molecule has 1 amide bonds. The third-order valence-electron chi connectivity index (χ3n) is 3.15. The summed E-state index contributed by atoms with van der Waals surface area (Å²) in [6.07, 6.45) is 4.67. The lowest BCUT2D eigenvalue weighted by Crippen LogP contribution is -2.46. The number of carbonyl (C=O) groups excluding carboxylic acids is 1. The highest BCUT2D eigenvalue weighted by atomic mass is 16.4. The normalized spacial score (nSPS) is 16.4. The molecule has 0 heterocycles. The van der Waals surface area contributed by atoms with Crippen LogP contribution in [0.15, 0.2) is 0 Å². The summed E-state index contributed by atoms with van der Waals surface area (Å²) in [5.74, 6) is -1.10. The van der Waals surface area contributed by atoms with Crippen LogP contribution in [0.5, 0.6) is 0 Å². The van der Waals surface area contributed by atoms with Crippen LogP contribution in [0.25, 0.3) is 0 Å². The highest BCUT2D eigenvalue weighted by Crippen LogP contribution is 2.17. The number of hydrogen-bond donors (Lipinski definition) is 2. The number of carboxylic acids is 1. The summed E-state index contributed by atoms with van der Waals surface area (Å²) in [5, 5.41) is 12.0. The third-order valence-corrected chi connectivity index (χ3v) is 3.15. The van der Waals surface area contributed by atoms with E-state index in [1.54, 1.807) is 0 Å². The molecular weight excluding hydrogens is 220 g/mol. The van der Waals surface area contributed by atoms with Crippen LogP contribution in [0, 0.1) is 0 Å². The molecule has 0 aromatic heterocycles. The number of amides is 1. The van der Waals surface area contributed by atoms with E-state index in [0.29, 0.717) is 6.04 Å². The van der Waals surface area contributed by atoms with Crippen molar-refractivity contribution in [3.8, 4) is 0 Å². The molecule has 2 N–H and O–H groups in total. The Kier molecular flexibility index (Phi) is 5.41. The SMILES string of the molecule is CC(C)N(CC(=O)O)C(=O)CNC1CCCC1. The van der Waals surface area contributed by atoms with Crippen LogP contribution >= 0.6 is 0 Å². The molecule has 0 atom stereocenters. The van der Waals surface area contributed by atoms with E-state index in [2.05, 4.69) is 5.32 Å². The van der Waals surface area contributed by atoms with Gasteiger partial charge in [-0.15, -0.1) is 0 Å². The Hall–Kier alpha value is -1.10. The van der Waals surface area contributed by atoms with E-state index in [9.17, 15) is 9.59 Å². The van der Waals surface area contributed by atoms with Crippen LogP contribution in [-0.4, -0.2) is 47.1 Å². The zero-order valence-electron chi connectivity index (χ0n) is 10.6. The van der Waals surface area contributed by atoms with Gasteiger partial charge in [0.15, 0.2) is 0 Å². The average molecular weight is 242 g/mol. The maximum atomic E-state index is 11.9. The molecule has 5 nitrogen and oxygen atoms in total. The second-order valence-electron chi connectivity index (χ2n) is 4.87. The molecule has 98 valence electrons. The maximum Gasteiger partial charge on any atom is 0.323 e. The molecule has 1 aliphatic carbocycles. The fourth-order valence-corrected chi connectivity index (χ4v) is 2.17. The number of rotatable bonds is 6. The van der Waals surface area contributed by atoms with Crippen molar-refractivity contribution in [2.24, 2.45) is 0 Å². The van der Waals surface area contributed by atoms with Gasteiger partial charge in [-0.25, -0.2) is 0 Å². The Bertz CT molecular complexity index is 273. The molecule has 0 aromatic carbocycles. The van der Waals surface area contributed by atoms with Crippen molar-refractivity contribution in [3.63, 3.8) is 0 Å². The topological polar surface area (TPSA) is 69.6 Å². The summed E-state index contributed by atoms with van der Waals surface area (Å²) in [7, 11) is 0. The van der Waals surface area contributed by atoms with Gasteiger partial charge in [0.05, 0.1) is 6.54 Å². The second-order valence-corrected chi connectivity index (χ2v) is 4.87. The third kappa shape index (κ3) is 4.73. The number of hydrogen-bond acceptors (Lipinski definition) is 3. The van der Waals surface area contributed by atoms with E-state index < -0.39 is 5.97 Å². The van der Waals surface area contributed by atoms with E-state index in [0.717, 1.165) is 12.8 Å². The molecule has 0 radical (unpaired) electrons. The summed E-state index contributed by atoms with van der Waals surface area (Å²) in [5.41, 5.74) is 0. The highest BCUT2D eigenvalue weighted by molar-refractivity contribution is 5.83. The zero-order chi connectivity index (χ0) is 12.8. The molecule has 1 fully saturated rings. The fraction of sp³-hybridized carbons (Fsp3) is 0.833. The highest BCUT2D eigenvalue weighted by Gasteiger charge is 2.21. The van der Waals surface area contributed by atoms with Crippen molar-refractivity contribution in [3.05, 3.63) is 0 Å². The Labute approximate surface area is 102 Å². The van der Waals surface area contributed by atoms with E-state index >= 15 is 0 Å². The molecule has 0 saturated heterocycles. The smallest absolute Gasteiger partial charge is 0.323 e. The first-order chi connectivity index (χ1) is 8.00. The lowest BCUT2D eigenvalue weighted by atomic mass is 10.2. The Balaban J connectivity index is 2.38. The van der Waals surface area contributed by atoms with E-state index in [4.69, 9.17) is 5.11 Å². The van der Waals surface area contributed by atoms with Crippen LogP contribution < -0.4 is 5.32 Å². The lowest BCUT2D eigenvalue weighted by molar-refractivity contribution is -0.145. The molecule has 5 heteroatoms. The summed E-state index contributed by atoms with van der Waals surface area (Å²) in [6.45, 7) is 3.69. The first kappa shape index (κ1) is 14.0. The molecule has 0 spiro atoms. The fourth-order valence-electron chi connectivity index (χ4n) is 2.17. The number of aliphatic carboxylic acids is 1. The second kappa shape index (κ2) is 6.59. The van der Waals surface area contributed by atoms with Gasteiger partial charge in [-0.05, 0) is 26.7 Å². The molecule has 1 aliphatic rings. The molecule has 17 heavy (non-hydrogen) atoms. The largest absolute Gasteiger partial charge is 0.480 e. The van der Waals surface area contributed by atoms with Crippen molar-refractivity contribution in [1.82, 2.24) is 10.2 Å². The Morgan fingerprint density at radius 3 is 2.41 bits per heavy atom. The first-order valence-corrected chi connectivity index (χ1v) is 6.25. The van der Waals surface area contributed by atoms with E-state index in [-0.39, 0.29) is 25.0 Å². The Morgan fingerprint density at radius 2 is 1.94 bits per heavy atom. The van der Waals surface area contributed by atoms with Gasteiger partial charge in [-0.2, -0.15) is 0 Å². The van der Waals surface area contributed by atoms with Crippen molar-refractivity contribution in [2.45, 2.75) is 51.6 Å². The quantitative estimate of drug-likeness (QED) is 0.724. The van der Waals surface area contributed by atoms with Crippen molar-refractivity contribution < 1.29 is 14.7 Å².